The molecule has 0 bridgehead atoms. The largest absolute Gasteiger partial charge is 0.461 e. The Balaban J connectivity index is 1.59. The average Bonchev–Trinajstić information content (AvgIpc) is 3.26. The first-order chi connectivity index (χ1) is 15.0. The van der Waals surface area contributed by atoms with Gasteiger partial charge in [0, 0.05) is 25.6 Å². The summed E-state index contributed by atoms with van der Waals surface area (Å²) in [6.45, 7) is 3.94. The maximum atomic E-state index is 12.7. The monoisotopic (exact) mass is 425 g/mol. The Kier molecular flexibility index (Phi) is 6.43. The molecular formula is C22H27N5O4. The molecule has 9 nitrogen and oxygen atoms in total. The van der Waals surface area contributed by atoms with Crippen LogP contribution < -0.4 is 15.4 Å². The fraction of sp³-hybridized carbons (Fsp3) is 0.455. The lowest BCUT2D eigenvalue weighted by Gasteiger charge is -2.28. The number of carbonyl (C=O) groups is 2. The summed E-state index contributed by atoms with van der Waals surface area (Å²) in [5.41, 5.74) is 8.63. The van der Waals surface area contributed by atoms with E-state index in [9.17, 15) is 9.59 Å². The molecule has 0 atom stereocenters. The van der Waals surface area contributed by atoms with E-state index in [1.807, 2.05) is 12.1 Å². The Bertz CT molecular complexity index is 974. The number of fused-ring (bicyclic) bond motifs is 1. The number of ketones is 1. The lowest BCUT2D eigenvalue weighted by molar-refractivity contribution is -0.136. The quantitative estimate of drug-likeness (QED) is 0.498. The smallest absolute Gasteiger partial charge is 0.320 e. The molecule has 0 unspecified atom stereocenters. The highest BCUT2D eigenvalue weighted by atomic mass is 16.5. The van der Waals surface area contributed by atoms with Gasteiger partial charge in [-0.05, 0) is 37.1 Å². The lowest BCUT2D eigenvalue weighted by Crippen LogP contribution is -2.42. The van der Waals surface area contributed by atoms with E-state index in [2.05, 4.69) is 27.0 Å². The maximum Gasteiger partial charge on any atom is 0.320 e. The van der Waals surface area contributed by atoms with Crippen molar-refractivity contribution in [2.75, 3.05) is 44.0 Å². The van der Waals surface area contributed by atoms with Crippen molar-refractivity contribution in [3.8, 4) is 6.01 Å². The van der Waals surface area contributed by atoms with Crippen LogP contribution in [0, 0.1) is 0 Å². The van der Waals surface area contributed by atoms with E-state index in [0.717, 1.165) is 25.2 Å². The van der Waals surface area contributed by atoms with Gasteiger partial charge in [0.25, 0.3) is 5.91 Å². The summed E-state index contributed by atoms with van der Waals surface area (Å²) in [5, 5.41) is 0. The normalized spacial score (nSPS) is 16.6. The van der Waals surface area contributed by atoms with Gasteiger partial charge in [-0.3, -0.25) is 19.4 Å². The van der Waals surface area contributed by atoms with Gasteiger partial charge < -0.3 is 15.2 Å². The number of rotatable bonds is 8. The molecule has 9 heteroatoms. The molecule has 0 saturated carbocycles. The molecular weight excluding hydrogens is 398 g/mol. The van der Waals surface area contributed by atoms with Gasteiger partial charge in [0.05, 0.1) is 13.2 Å². The van der Waals surface area contributed by atoms with E-state index < -0.39 is 11.7 Å². The number of anilines is 2. The van der Waals surface area contributed by atoms with E-state index in [0.29, 0.717) is 18.0 Å². The molecule has 2 aliphatic heterocycles. The molecule has 2 aromatic rings. The Morgan fingerprint density at radius 2 is 1.81 bits per heavy atom. The van der Waals surface area contributed by atoms with Crippen molar-refractivity contribution in [3.05, 3.63) is 41.0 Å². The summed E-state index contributed by atoms with van der Waals surface area (Å²) >= 11 is 0. The van der Waals surface area contributed by atoms with Crippen molar-refractivity contribution in [2.45, 2.75) is 32.4 Å². The minimum atomic E-state index is -0.599. The van der Waals surface area contributed by atoms with Gasteiger partial charge in [0.15, 0.2) is 0 Å². The molecule has 3 heterocycles. The summed E-state index contributed by atoms with van der Waals surface area (Å²) in [5.74, 6) is -0.650. The van der Waals surface area contributed by atoms with Crippen LogP contribution in [0.25, 0.3) is 0 Å². The molecule has 0 radical (unpaired) electrons. The Morgan fingerprint density at radius 1 is 1.06 bits per heavy atom. The van der Waals surface area contributed by atoms with Crippen LogP contribution in [-0.4, -0.2) is 60.0 Å². The van der Waals surface area contributed by atoms with Crippen molar-refractivity contribution in [1.82, 2.24) is 14.9 Å². The second-order valence-electron chi connectivity index (χ2n) is 7.83. The third kappa shape index (κ3) is 4.83. The number of nitrogen functional groups attached to an aromatic ring is 1. The molecule has 1 amide bonds. The molecule has 0 aliphatic carbocycles. The van der Waals surface area contributed by atoms with Gasteiger partial charge in [0.1, 0.15) is 18.2 Å². The molecule has 164 valence electrons. The average molecular weight is 425 g/mol. The Labute approximate surface area is 181 Å². The topological polar surface area (TPSA) is 111 Å². The summed E-state index contributed by atoms with van der Waals surface area (Å²) in [7, 11) is 1.56. The number of ether oxygens (including phenoxy) is 2. The second kappa shape index (κ2) is 9.40. The van der Waals surface area contributed by atoms with Crippen LogP contribution >= 0.6 is 0 Å². The number of aromatic nitrogens is 2. The van der Waals surface area contributed by atoms with Gasteiger partial charge in [-0.15, -0.1) is 0 Å². The van der Waals surface area contributed by atoms with E-state index >= 15 is 0 Å². The number of Topliss-reactive ketones (excluding diaryl/α,β-unsaturated/α-hetero) is 1. The highest BCUT2D eigenvalue weighted by Crippen LogP contribution is 2.31. The van der Waals surface area contributed by atoms with Crippen molar-refractivity contribution in [2.24, 2.45) is 0 Å². The molecule has 1 aromatic heterocycles. The number of nitrogens with zero attached hydrogens (tertiary/aromatic N) is 4. The van der Waals surface area contributed by atoms with Crippen molar-refractivity contribution in [3.63, 3.8) is 0 Å². The Hall–Kier alpha value is -3.04. The minimum Gasteiger partial charge on any atom is -0.461 e. The summed E-state index contributed by atoms with van der Waals surface area (Å²) in [6.07, 6.45) is 2.36. The van der Waals surface area contributed by atoms with Crippen LogP contribution in [0.5, 0.6) is 6.01 Å². The van der Waals surface area contributed by atoms with E-state index in [1.54, 1.807) is 7.11 Å². The zero-order valence-electron chi connectivity index (χ0n) is 17.7. The fourth-order valence-electron chi connectivity index (χ4n) is 3.98. The number of hydrogen-bond donors (Lipinski definition) is 1. The van der Waals surface area contributed by atoms with E-state index in [4.69, 9.17) is 15.2 Å². The summed E-state index contributed by atoms with van der Waals surface area (Å²) in [4.78, 5) is 37.4. The highest BCUT2D eigenvalue weighted by Gasteiger charge is 2.35. The van der Waals surface area contributed by atoms with Crippen LogP contribution in [0.3, 0.4) is 0 Å². The van der Waals surface area contributed by atoms with Gasteiger partial charge >= 0.3 is 6.01 Å². The number of nitrogens with two attached hydrogens (primary N) is 1. The van der Waals surface area contributed by atoms with Crippen LogP contribution in [-0.2, 0) is 33.8 Å². The SMILES string of the molecule is COCCOc1nc(N)c2c(n1)N(Cc1cccc(CN3CCCC3)c1)C(=O)C(=O)C2. The third-order valence-corrected chi connectivity index (χ3v) is 5.53. The highest BCUT2D eigenvalue weighted by molar-refractivity contribution is 6.43. The first-order valence-corrected chi connectivity index (χ1v) is 10.5. The standard InChI is InChI=1S/C22H27N5O4/c1-30-9-10-31-22-24-19(23)17-12-18(28)21(29)27(20(17)25-22)14-16-6-4-5-15(11-16)13-26-7-2-3-8-26/h4-6,11H,2-3,7-10,12-14H2,1H3,(H2,23,24,25). The minimum absolute atomic E-state index is 0.0585. The molecule has 1 aromatic carbocycles. The van der Waals surface area contributed by atoms with Crippen LogP contribution in [0.2, 0.25) is 0 Å². The third-order valence-electron chi connectivity index (χ3n) is 5.53. The molecule has 1 saturated heterocycles. The molecule has 31 heavy (non-hydrogen) atoms. The number of likely N-dealkylation sites (tertiary alicyclic amines) is 1. The van der Waals surface area contributed by atoms with Crippen molar-refractivity contribution in [1.29, 1.82) is 0 Å². The summed E-state index contributed by atoms with van der Waals surface area (Å²) in [6, 6.07) is 8.14. The van der Waals surface area contributed by atoms with Crippen molar-refractivity contribution < 1.29 is 19.1 Å². The predicted octanol–water partition coefficient (Wildman–Crippen LogP) is 1.34. The number of carbonyl (C=O) groups excluding carboxylic acids is 2. The molecule has 0 spiro atoms. The summed E-state index contributed by atoms with van der Waals surface area (Å²) < 4.78 is 10.5. The van der Waals surface area contributed by atoms with Gasteiger partial charge in [0.2, 0.25) is 5.78 Å². The van der Waals surface area contributed by atoms with Gasteiger partial charge in [-0.25, -0.2) is 0 Å². The number of hydrogen-bond acceptors (Lipinski definition) is 8. The van der Waals surface area contributed by atoms with E-state index in [1.165, 1.54) is 23.3 Å². The zero-order chi connectivity index (χ0) is 21.8. The van der Waals surface area contributed by atoms with Gasteiger partial charge in [-0.1, -0.05) is 24.3 Å². The van der Waals surface area contributed by atoms with Crippen molar-refractivity contribution >= 4 is 23.3 Å². The second-order valence-corrected chi connectivity index (χ2v) is 7.83. The predicted molar refractivity (Wildman–Crippen MR) is 115 cm³/mol. The van der Waals surface area contributed by atoms with Gasteiger partial charge in [-0.2, -0.15) is 9.97 Å². The molecule has 4 rings (SSSR count). The molecule has 2 N–H and O–H groups in total. The molecule has 1 fully saturated rings. The number of amides is 1. The Morgan fingerprint density at radius 3 is 2.55 bits per heavy atom. The first-order valence-electron chi connectivity index (χ1n) is 10.5. The number of methoxy groups -OCH3 is 1. The fourth-order valence-corrected chi connectivity index (χ4v) is 3.98. The number of benzene rings is 1. The maximum absolute atomic E-state index is 12.7. The zero-order valence-corrected chi connectivity index (χ0v) is 17.7. The molecule has 2 aliphatic rings. The lowest BCUT2D eigenvalue weighted by atomic mass is 10.0. The van der Waals surface area contributed by atoms with Crippen LogP contribution in [0.4, 0.5) is 11.6 Å². The van der Waals surface area contributed by atoms with Crippen LogP contribution in [0.15, 0.2) is 24.3 Å². The van der Waals surface area contributed by atoms with E-state index in [-0.39, 0.29) is 31.4 Å². The first kappa shape index (κ1) is 21.2. The van der Waals surface area contributed by atoms with Crippen LogP contribution in [0.1, 0.15) is 29.5 Å².